The van der Waals surface area contributed by atoms with Crippen LogP contribution in [0.5, 0.6) is 5.75 Å². The fourth-order valence-corrected chi connectivity index (χ4v) is 4.10. The van der Waals surface area contributed by atoms with Crippen LogP contribution in [0.2, 0.25) is 0 Å². The number of phenolic OH excluding ortho intramolecular Hbond substituents is 1. The molecule has 0 spiro atoms. The highest BCUT2D eigenvalue weighted by atomic mass is 127. The number of anilines is 1. The topological polar surface area (TPSA) is 54.3 Å². The molecule has 2 aliphatic carbocycles. The second kappa shape index (κ2) is 10.7. The molecule has 3 aliphatic rings. The van der Waals surface area contributed by atoms with Crippen molar-refractivity contribution in [3.63, 3.8) is 0 Å². The number of rotatable bonds is 8. The van der Waals surface area contributed by atoms with E-state index in [0.29, 0.717) is 5.75 Å². The van der Waals surface area contributed by atoms with Crippen molar-refractivity contribution in [1.82, 2.24) is 15.1 Å². The van der Waals surface area contributed by atoms with E-state index in [2.05, 4.69) is 26.9 Å². The Morgan fingerprint density at radius 2 is 1.86 bits per heavy atom. The summed E-state index contributed by atoms with van der Waals surface area (Å²) in [5.74, 6) is 2.37. The first-order chi connectivity index (χ1) is 13.7. The standard InChI is InChI=1S/C22H35N5O.HI/c1-2-23-22(24-11-12-27(19-9-10-19)17-18-7-8-18)26-15-13-25(14-16-26)20-5-3-4-6-21(20)28;/h3-6,18-19,28H,2,7-17H2,1H3,(H,23,24);1H. The summed E-state index contributed by atoms with van der Waals surface area (Å²) in [5.41, 5.74) is 0.934. The molecule has 0 amide bonds. The van der Waals surface area contributed by atoms with Crippen LogP contribution in [0.4, 0.5) is 5.69 Å². The largest absolute Gasteiger partial charge is 0.506 e. The molecule has 0 radical (unpaired) electrons. The van der Waals surface area contributed by atoms with Gasteiger partial charge in [0.25, 0.3) is 0 Å². The summed E-state index contributed by atoms with van der Waals surface area (Å²) in [6, 6.07) is 8.46. The summed E-state index contributed by atoms with van der Waals surface area (Å²) in [6.07, 6.45) is 5.61. The number of hydrogen-bond acceptors (Lipinski definition) is 4. The molecule has 4 rings (SSSR count). The van der Waals surface area contributed by atoms with Crippen LogP contribution >= 0.6 is 24.0 Å². The number of aliphatic imine (C=N–C) groups is 1. The van der Waals surface area contributed by atoms with E-state index in [0.717, 1.165) is 69.4 Å². The first-order valence-corrected chi connectivity index (χ1v) is 11.0. The number of guanidine groups is 1. The van der Waals surface area contributed by atoms with Gasteiger partial charge in [0, 0.05) is 51.9 Å². The van der Waals surface area contributed by atoms with E-state index in [1.165, 1.54) is 32.2 Å². The van der Waals surface area contributed by atoms with Crippen molar-refractivity contribution >= 4 is 35.6 Å². The Hall–Kier alpha value is -1.22. The smallest absolute Gasteiger partial charge is 0.194 e. The lowest BCUT2D eigenvalue weighted by Crippen LogP contribution is -2.52. The fourth-order valence-electron chi connectivity index (χ4n) is 4.10. The summed E-state index contributed by atoms with van der Waals surface area (Å²) in [7, 11) is 0. The predicted molar refractivity (Wildman–Crippen MR) is 131 cm³/mol. The molecule has 1 aromatic carbocycles. The number of nitrogens with one attached hydrogen (secondary N) is 1. The number of phenols is 1. The summed E-state index contributed by atoms with van der Waals surface area (Å²) < 4.78 is 0. The minimum atomic E-state index is 0. The van der Waals surface area contributed by atoms with E-state index >= 15 is 0 Å². The van der Waals surface area contributed by atoms with Gasteiger partial charge in [0.1, 0.15) is 5.75 Å². The zero-order chi connectivity index (χ0) is 19.3. The van der Waals surface area contributed by atoms with Crippen molar-refractivity contribution in [2.24, 2.45) is 10.9 Å². The van der Waals surface area contributed by atoms with Crippen LogP contribution < -0.4 is 10.2 Å². The zero-order valence-corrected chi connectivity index (χ0v) is 19.9. The summed E-state index contributed by atoms with van der Waals surface area (Å²) in [6.45, 7) is 9.94. The lowest BCUT2D eigenvalue weighted by atomic mass is 10.2. The number of aromatic hydroxyl groups is 1. The second-order valence-electron chi connectivity index (χ2n) is 8.37. The molecule has 1 aliphatic heterocycles. The van der Waals surface area contributed by atoms with Gasteiger partial charge in [-0.15, -0.1) is 24.0 Å². The Balaban J connectivity index is 0.00000240. The minimum Gasteiger partial charge on any atom is -0.506 e. The van der Waals surface area contributed by atoms with E-state index in [-0.39, 0.29) is 24.0 Å². The number of benzene rings is 1. The monoisotopic (exact) mass is 513 g/mol. The Bertz CT molecular complexity index is 669. The summed E-state index contributed by atoms with van der Waals surface area (Å²) in [5, 5.41) is 13.6. The van der Waals surface area contributed by atoms with Crippen LogP contribution in [0.1, 0.15) is 32.6 Å². The predicted octanol–water partition coefficient (Wildman–Crippen LogP) is 2.97. The Kier molecular flexibility index (Phi) is 8.29. The number of halogens is 1. The van der Waals surface area contributed by atoms with Gasteiger partial charge in [-0.25, -0.2) is 0 Å². The fraction of sp³-hybridized carbons (Fsp3) is 0.682. The van der Waals surface area contributed by atoms with Gasteiger partial charge in [-0.1, -0.05) is 12.1 Å². The third-order valence-electron chi connectivity index (χ3n) is 6.04. The third-order valence-corrected chi connectivity index (χ3v) is 6.04. The number of hydrogen-bond donors (Lipinski definition) is 2. The minimum absolute atomic E-state index is 0. The van der Waals surface area contributed by atoms with E-state index < -0.39 is 0 Å². The Morgan fingerprint density at radius 3 is 2.48 bits per heavy atom. The molecular weight excluding hydrogens is 477 g/mol. The first-order valence-electron chi connectivity index (χ1n) is 11.0. The summed E-state index contributed by atoms with van der Waals surface area (Å²) in [4.78, 5) is 12.3. The molecule has 7 heteroatoms. The van der Waals surface area contributed by atoms with Crippen LogP contribution in [0.25, 0.3) is 0 Å². The van der Waals surface area contributed by atoms with E-state index in [9.17, 15) is 5.11 Å². The molecule has 0 unspecified atom stereocenters. The molecule has 2 N–H and O–H groups in total. The summed E-state index contributed by atoms with van der Waals surface area (Å²) >= 11 is 0. The lowest BCUT2D eigenvalue weighted by Gasteiger charge is -2.38. The van der Waals surface area contributed by atoms with Gasteiger partial charge in [0.2, 0.25) is 0 Å². The highest BCUT2D eigenvalue weighted by molar-refractivity contribution is 14.0. The third kappa shape index (κ3) is 6.38. The van der Waals surface area contributed by atoms with Gasteiger partial charge in [0.05, 0.1) is 12.2 Å². The van der Waals surface area contributed by atoms with Crippen LogP contribution in [-0.4, -0.2) is 79.3 Å². The maximum atomic E-state index is 10.1. The number of para-hydroxylation sites is 2. The van der Waals surface area contributed by atoms with Crippen molar-refractivity contribution < 1.29 is 5.11 Å². The first kappa shape index (κ1) is 22.5. The Morgan fingerprint density at radius 1 is 1.14 bits per heavy atom. The highest BCUT2D eigenvalue weighted by Crippen LogP contribution is 2.34. The van der Waals surface area contributed by atoms with Crippen molar-refractivity contribution in [3.8, 4) is 5.75 Å². The Labute approximate surface area is 192 Å². The molecule has 3 fully saturated rings. The van der Waals surface area contributed by atoms with E-state index in [1.54, 1.807) is 6.07 Å². The SMILES string of the molecule is CCNC(=NCCN(CC1CC1)C1CC1)N1CCN(c2ccccc2O)CC1.I. The molecule has 1 heterocycles. The number of nitrogens with zero attached hydrogens (tertiary/aromatic N) is 4. The average molecular weight is 513 g/mol. The van der Waals surface area contributed by atoms with Gasteiger partial charge >= 0.3 is 0 Å². The molecular formula is C22H36IN5O. The zero-order valence-electron chi connectivity index (χ0n) is 17.6. The van der Waals surface area contributed by atoms with Crippen LogP contribution in [0.3, 0.4) is 0 Å². The number of piperazine rings is 1. The highest BCUT2D eigenvalue weighted by Gasteiger charge is 2.33. The second-order valence-corrected chi connectivity index (χ2v) is 8.37. The molecule has 0 aromatic heterocycles. The van der Waals surface area contributed by atoms with Gasteiger partial charge in [-0.05, 0) is 50.7 Å². The van der Waals surface area contributed by atoms with Gasteiger partial charge in [-0.2, -0.15) is 0 Å². The molecule has 1 aromatic rings. The maximum Gasteiger partial charge on any atom is 0.194 e. The molecule has 0 atom stereocenters. The van der Waals surface area contributed by atoms with Crippen molar-refractivity contribution in [3.05, 3.63) is 24.3 Å². The van der Waals surface area contributed by atoms with Gasteiger partial charge in [-0.3, -0.25) is 9.89 Å². The van der Waals surface area contributed by atoms with Gasteiger partial charge in [0.15, 0.2) is 5.96 Å². The van der Waals surface area contributed by atoms with Crippen LogP contribution in [-0.2, 0) is 0 Å². The van der Waals surface area contributed by atoms with Crippen molar-refractivity contribution in [2.45, 2.75) is 38.6 Å². The molecule has 0 bridgehead atoms. The van der Waals surface area contributed by atoms with E-state index in [4.69, 9.17) is 4.99 Å². The molecule has 29 heavy (non-hydrogen) atoms. The molecule has 6 nitrogen and oxygen atoms in total. The van der Waals surface area contributed by atoms with Crippen molar-refractivity contribution in [1.29, 1.82) is 0 Å². The average Bonchev–Trinajstić information content (AvgIpc) is 3.61. The maximum absolute atomic E-state index is 10.1. The van der Waals surface area contributed by atoms with Crippen molar-refractivity contribution in [2.75, 3.05) is 57.3 Å². The molecule has 1 saturated heterocycles. The van der Waals surface area contributed by atoms with Crippen LogP contribution in [0.15, 0.2) is 29.3 Å². The lowest BCUT2D eigenvalue weighted by molar-refractivity contribution is 0.259. The normalized spacial score (nSPS) is 20.0. The van der Waals surface area contributed by atoms with Crippen LogP contribution in [0, 0.1) is 5.92 Å². The molecule has 162 valence electrons. The molecule has 2 saturated carbocycles. The van der Waals surface area contributed by atoms with Gasteiger partial charge < -0.3 is 20.2 Å². The van der Waals surface area contributed by atoms with E-state index in [1.807, 2.05) is 18.2 Å². The quantitative estimate of drug-likeness (QED) is 0.318.